The van der Waals surface area contributed by atoms with Crippen LogP contribution in [0.3, 0.4) is 0 Å². The summed E-state index contributed by atoms with van der Waals surface area (Å²) < 4.78 is 78.5. The molecule has 14 heteroatoms. The summed E-state index contributed by atoms with van der Waals surface area (Å²) in [6, 6.07) is 11.7. The number of thiazole rings is 1. The monoisotopic (exact) mass is 633 g/mol. The van der Waals surface area contributed by atoms with Gasteiger partial charge >= 0.3 is 12.1 Å². The number of aliphatic hydroxyl groups excluding tert-OH is 1. The number of primary sulfonamides is 1. The molecule has 8 nitrogen and oxygen atoms in total. The van der Waals surface area contributed by atoms with Crippen LogP contribution in [0.4, 0.5) is 17.6 Å². The van der Waals surface area contributed by atoms with E-state index in [-0.39, 0.29) is 17.8 Å². The van der Waals surface area contributed by atoms with E-state index >= 15 is 0 Å². The van der Waals surface area contributed by atoms with Gasteiger partial charge in [0.25, 0.3) is 0 Å². The van der Waals surface area contributed by atoms with Crippen molar-refractivity contribution in [3.63, 3.8) is 0 Å². The third-order valence-electron chi connectivity index (χ3n) is 6.81. The minimum absolute atomic E-state index is 0.0685. The minimum Gasteiger partial charge on any atom is -0.476 e. The van der Waals surface area contributed by atoms with Crippen molar-refractivity contribution in [2.24, 2.45) is 11.1 Å². The fourth-order valence-corrected chi connectivity index (χ4v) is 5.97. The first kappa shape index (κ1) is 30.4. The highest BCUT2D eigenvalue weighted by atomic mass is 32.2. The lowest BCUT2D eigenvalue weighted by atomic mass is 10.1. The van der Waals surface area contributed by atoms with Crippen molar-refractivity contribution in [2.45, 2.75) is 43.0 Å². The Hall–Kier alpha value is -4.03. The summed E-state index contributed by atoms with van der Waals surface area (Å²) in [7, 11) is -4.29. The van der Waals surface area contributed by atoms with E-state index in [2.05, 4.69) is 10.9 Å². The van der Waals surface area contributed by atoms with Crippen molar-refractivity contribution in [3.8, 4) is 33.7 Å². The number of sulfonamides is 1. The number of aliphatic hydroxyl groups is 1. The second-order valence-electron chi connectivity index (χ2n) is 10.1. The topological polar surface area (TPSA) is 136 Å². The molecule has 43 heavy (non-hydrogen) atoms. The number of nitrogens with two attached hydrogens (primary N) is 1. The zero-order valence-corrected chi connectivity index (χ0v) is 23.7. The minimum atomic E-state index is -4.90. The molecule has 0 saturated heterocycles. The Morgan fingerprint density at radius 2 is 1.93 bits per heavy atom. The lowest BCUT2D eigenvalue weighted by Gasteiger charge is -2.16. The molecule has 1 aliphatic rings. The SMILES string of the molecule is NS(=O)(=O)c1ccc(Cn2c(-c3cccc(C#CC(O)C(F)(F)F)c3)cc(-c3nc(C(=O)O)cs3)c2CC2CC2)cc1F. The Morgan fingerprint density at radius 1 is 1.19 bits per heavy atom. The van der Waals surface area contributed by atoms with Crippen LogP contribution in [0.1, 0.15) is 40.2 Å². The Kier molecular flexibility index (Phi) is 8.19. The van der Waals surface area contributed by atoms with Gasteiger partial charge in [-0.3, -0.25) is 0 Å². The Labute approximate surface area is 247 Å². The van der Waals surface area contributed by atoms with E-state index in [9.17, 15) is 41.0 Å². The van der Waals surface area contributed by atoms with Gasteiger partial charge in [-0.1, -0.05) is 30.0 Å². The third-order valence-corrected chi connectivity index (χ3v) is 8.63. The third kappa shape index (κ3) is 6.97. The second kappa shape index (κ2) is 11.6. The molecular weight excluding hydrogens is 610 g/mol. The first-order valence-corrected chi connectivity index (χ1v) is 15.2. The Bertz CT molecular complexity index is 1880. The number of hydrogen-bond acceptors (Lipinski definition) is 6. The Morgan fingerprint density at radius 3 is 2.53 bits per heavy atom. The summed E-state index contributed by atoms with van der Waals surface area (Å²) in [6.07, 6.45) is -5.18. The lowest BCUT2D eigenvalue weighted by molar-refractivity contribution is -0.184. The van der Waals surface area contributed by atoms with Gasteiger partial charge in [-0.05, 0) is 66.6 Å². The molecule has 1 aliphatic carbocycles. The predicted molar refractivity (Wildman–Crippen MR) is 150 cm³/mol. The van der Waals surface area contributed by atoms with Crippen LogP contribution in [-0.4, -0.2) is 46.4 Å². The van der Waals surface area contributed by atoms with Crippen molar-refractivity contribution < 1.29 is 41.0 Å². The first-order chi connectivity index (χ1) is 20.2. The fraction of sp³-hybridized carbons (Fsp3) is 0.241. The van der Waals surface area contributed by atoms with Gasteiger partial charge in [0.05, 0.1) is 0 Å². The number of aromatic nitrogens is 2. The molecular formula is C29H23F4N3O5S2. The summed E-state index contributed by atoms with van der Waals surface area (Å²) >= 11 is 1.14. The Balaban J connectivity index is 1.66. The number of halogens is 4. The van der Waals surface area contributed by atoms with E-state index in [0.29, 0.717) is 39.7 Å². The molecule has 4 aromatic rings. The quantitative estimate of drug-likeness (QED) is 0.184. The standard InChI is InChI=1S/C29H23F4N3O5S2/c30-21-11-18(6-8-25(21)43(34,40)41)14-36-23(19-3-1-2-16(10-19)7-9-26(37)29(31,32)33)13-20(24(36)12-17-4-5-17)27-35-22(15-42-27)28(38)39/h1-3,6,8,10-11,13,15,17,26,37H,4-5,12,14H2,(H,38,39)(H2,34,40,41). The number of aromatic carboxylic acids is 1. The van der Waals surface area contributed by atoms with Crippen LogP contribution >= 0.6 is 11.3 Å². The highest BCUT2D eigenvalue weighted by Gasteiger charge is 2.37. The van der Waals surface area contributed by atoms with Gasteiger partial charge in [0.2, 0.25) is 16.1 Å². The van der Waals surface area contributed by atoms with Crippen molar-refractivity contribution in [1.29, 1.82) is 0 Å². The van der Waals surface area contributed by atoms with Crippen molar-refractivity contribution >= 4 is 27.3 Å². The number of hydrogen-bond donors (Lipinski definition) is 3. The molecule has 224 valence electrons. The smallest absolute Gasteiger partial charge is 0.425 e. The van der Waals surface area contributed by atoms with E-state index in [1.807, 2.05) is 4.57 Å². The molecule has 2 aromatic carbocycles. The number of carboxylic acids is 1. The van der Waals surface area contributed by atoms with Crippen molar-refractivity contribution in [3.05, 3.63) is 82.2 Å². The number of carboxylic acid groups (broad SMARTS) is 1. The molecule has 1 fully saturated rings. The van der Waals surface area contributed by atoms with E-state index in [1.54, 1.807) is 30.2 Å². The van der Waals surface area contributed by atoms with Gasteiger partial charge in [0.15, 0.2) is 5.69 Å². The largest absolute Gasteiger partial charge is 0.476 e. The molecule has 0 bridgehead atoms. The maximum atomic E-state index is 14.8. The fourth-order valence-electron chi connectivity index (χ4n) is 4.55. The van der Waals surface area contributed by atoms with Gasteiger partial charge in [0, 0.05) is 34.4 Å². The predicted octanol–water partition coefficient (Wildman–Crippen LogP) is 5.04. The highest BCUT2D eigenvalue weighted by Crippen LogP contribution is 2.41. The van der Waals surface area contributed by atoms with E-state index < -0.39 is 39.0 Å². The number of carbonyl (C=O) groups is 1. The summed E-state index contributed by atoms with van der Waals surface area (Å²) in [5.41, 5.74) is 2.99. The molecule has 0 aliphatic heterocycles. The molecule has 5 rings (SSSR count). The van der Waals surface area contributed by atoms with E-state index in [4.69, 9.17) is 5.14 Å². The summed E-state index contributed by atoms with van der Waals surface area (Å²) in [5.74, 6) is 2.27. The molecule has 1 unspecified atom stereocenters. The maximum Gasteiger partial charge on any atom is 0.425 e. The molecule has 1 saturated carbocycles. The summed E-state index contributed by atoms with van der Waals surface area (Å²) in [6.45, 7) is 0.0685. The molecule has 0 radical (unpaired) electrons. The molecule has 2 aromatic heterocycles. The van der Waals surface area contributed by atoms with Gasteiger partial charge in [0.1, 0.15) is 15.7 Å². The van der Waals surface area contributed by atoms with Crippen LogP contribution in [0, 0.1) is 23.6 Å². The van der Waals surface area contributed by atoms with Gasteiger partial charge in [-0.2, -0.15) is 13.2 Å². The molecule has 1 atom stereocenters. The van der Waals surface area contributed by atoms with Crippen molar-refractivity contribution in [2.75, 3.05) is 0 Å². The van der Waals surface area contributed by atoms with Crippen LogP contribution < -0.4 is 5.14 Å². The van der Waals surface area contributed by atoms with E-state index in [0.717, 1.165) is 42.0 Å². The van der Waals surface area contributed by atoms with E-state index in [1.165, 1.54) is 17.5 Å². The van der Waals surface area contributed by atoms with Crippen molar-refractivity contribution in [1.82, 2.24) is 9.55 Å². The van der Waals surface area contributed by atoms with Crippen LogP contribution in [0.5, 0.6) is 0 Å². The summed E-state index contributed by atoms with van der Waals surface area (Å²) in [5, 5.41) is 25.7. The molecule has 0 spiro atoms. The zero-order chi connectivity index (χ0) is 31.1. The average Bonchev–Trinajstić information content (AvgIpc) is 3.48. The van der Waals surface area contributed by atoms with Crippen LogP contribution in [0.15, 0.2) is 58.8 Å². The first-order valence-electron chi connectivity index (χ1n) is 12.8. The van der Waals surface area contributed by atoms with Gasteiger partial charge in [-0.15, -0.1) is 11.3 Å². The second-order valence-corrected chi connectivity index (χ2v) is 12.5. The summed E-state index contributed by atoms with van der Waals surface area (Å²) in [4.78, 5) is 15.2. The average molecular weight is 634 g/mol. The van der Waals surface area contributed by atoms with Crippen LogP contribution in [0.2, 0.25) is 0 Å². The zero-order valence-electron chi connectivity index (χ0n) is 22.1. The maximum absolute atomic E-state index is 14.8. The number of nitrogens with zero attached hydrogens (tertiary/aromatic N) is 2. The molecule has 0 amide bonds. The number of rotatable bonds is 8. The number of alkyl halides is 3. The molecule has 4 N–H and O–H groups in total. The number of benzene rings is 2. The normalized spacial score (nSPS) is 14.3. The van der Waals surface area contributed by atoms with Gasteiger partial charge in [-0.25, -0.2) is 27.7 Å². The molecule has 2 heterocycles. The van der Waals surface area contributed by atoms with Gasteiger partial charge < -0.3 is 14.8 Å². The lowest BCUT2D eigenvalue weighted by Crippen LogP contribution is -2.26. The van der Waals surface area contributed by atoms with Crippen LogP contribution in [0.25, 0.3) is 21.8 Å². The highest BCUT2D eigenvalue weighted by molar-refractivity contribution is 7.89. The van der Waals surface area contributed by atoms with Crippen LogP contribution in [-0.2, 0) is 23.0 Å².